The summed E-state index contributed by atoms with van der Waals surface area (Å²) in [5, 5.41) is 17.0. The summed E-state index contributed by atoms with van der Waals surface area (Å²) in [5.41, 5.74) is 0.245. The van der Waals surface area contributed by atoms with Crippen LogP contribution in [0.3, 0.4) is 0 Å². The lowest BCUT2D eigenvalue weighted by Gasteiger charge is -1.94. The van der Waals surface area contributed by atoms with Crippen molar-refractivity contribution in [3.63, 3.8) is 0 Å². The molecular formula is C8H8AlNO2. The van der Waals surface area contributed by atoms with Gasteiger partial charge in [0.1, 0.15) is 6.07 Å². The number of aromatic carboxylic acids is 1. The summed E-state index contributed by atoms with van der Waals surface area (Å²) in [5.74, 6) is -1.07. The molecule has 4 heteroatoms. The first-order chi connectivity index (χ1) is 5.25. The molecule has 0 saturated carbocycles. The van der Waals surface area contributed by atoms with Crippen molar-refractivity contribution >= 4 is 23.3 Å². The predicted octanol–water partition coefficient (Wildman–Crippen LogP) is 0.0726. The van der Waals surface area contributed by atoms with E-state index in [0.29, 0.717) is 0 Å². The second-order valence-corrected chi connectivity index (χ2v) is 1.96. The molecule has 0 bridgehead atoms. The van der Waals surface area contributed by atoms with Crippen LogP contribution in [0, 0.1) is 11.3 Å². The van der Waals surface area contributed by atoms with Gasteiger partial charge in [0.2, 0.25) is 0 Å². The molecule has 1 N–H and O–H groups in total. The Balaban J connectivity index is 0.00000121. The summed E-state index contributed by atoms with van der Waals surface area (Å²) >= 11 is 0. The predicted molar refractivity (Wildman–Crippen MR) is 48.1 cm³/mol. The van der Waals surface area contributed by atoms with Crippen molar-refractivity contribution in [2.24, 2.45) is 0 Å². The molecule has 0 atom stereocenters. The Morgan fingerprint density at radius 2 is 2.00 bits per heavy atom. The average molecular weight is 177 g/mol. The lowest BCUT2D eigenvalue weighted by atomic mass is 10.1. The third kappa shape index (κ3) is 2.10. The molecule has 0 fully saturated rings. The molecule has 0 aliphatic heterocycles. The van der Waals surface area contributed by atoms with E-state index in [2.05, 4.69) is 0 Å². The van der Waals surface area contributed by atoms with E-state index in [1.165, 1.54) is 12.1 Å². The van der Waals surface area contributed by atoms with Crippen LogP contribution < -0.4 is 0 Å². The van der Waals surface area contributed by atoms with Gasteiger partial charge in [-0.2, -0.15) is 5.26 Å². The number of rotatable bonds is 1. The molecule has 0 unspecified atom stereocenters. The van der Waals surface area contributed by atoms with Gasteiger partial charge in [0.05, 0.1) is 11.1 Å². The third-order valence-electron chi connectivity index (χ3n) is 1.28. The Bertz CT molecular complexity index is 330. The first-order valence-electron chi connectivity index (χ1n) is 2.98. The zero-order chi connectivity index (χ0) is 8.27. The van der Waals surface area contributed by atoms with E-state index < -0.39 is 5.97 Å². The van der Waals surface area contributed by atoms with Crippen LogP contribution in [-0.2, 0) is 0 Å². The molecule has 0 spiro atoms. The zero-order valence-electron chi connectivity index (χ0n) is 5.61. The van der Waals surface area contributed by atoms with Crippen molar-refractivity contribution in [2.45, 2.75) is 0 Å². The fraction of sp³-hybridized carbons (Fsp3) is 0. The maximum atomic E-state index is 10.4. The van der Waals surface area contributed by atoms with E-state index in [0.717, 1.165) is 0 Å². The molecule has 3 nitrogen and oxygen atoms in total. The number of hydrogen-bond donors (Lipinski definition) is 1. The Hall–Kier alpha value is -1.29. The van der Waals surface area contributed by atoms with Crippen LogP contribution in [0.4, 0.5) is 0 Å². The highest BCUT2D eigenvalue weighted by Gasteiger charge is 2.06. The quantitative estimate of drug-likeness (QED) is 0.617. The van der Waals surface area contributed by atoms with E-state index in [4.69, 9.17) is 10.4 Å². The Labute approximate surface area is 80.4 Å². The van der Waals surface area contributed by atoms with Gasteiger partial charge in [-0.1, -0.05) is 12.1 Å². The van der Waals surface area contributed by atoms with Crippen molar-refractivity contribution < 1.29 is 9.90 Å². The minimum Gasteiger partial charge on any atom is -0.478 e. The van der Waals surface area contributed by atoms with Crippen molar-refractivity contribution in [1.29, 1.82) is 5.26 Å². The highest BCUT2D eigenvalue weighted by atomic mass is 27.0. The largest absolute Gasteiger partial charge is 0.478 e. The number of carboxylic acid groups (broad SMARTS) is 1. The van der Waals surface area contributed by atoms with E-state index in [1.807, 2.05) is 0 Å². The monoisotopic (exact) mass is 177 g/mol. The van der Waals surface area contributed by atoms with Crippen molar-refractivity contribution in [1.82, 2.24) is 0 Å². The van der Waals surface area contributed by atoms with Gasteiger partial charge in [0, 0.05) is 0 Å². The standard InChI is InChI=1S/C8H5NO2.Al.3H/c9-5-6-3-1-2-4-7(6)8(10)11;;;;/h1-4H,(H,10,11);;;;. The van der Waals surface area contributed by atoms with Crippen LogP contribution in [0.2, 0.25) is 0 Å². The number of hydrogen-bond acceptors (Lipinski definition) is 2. The van der Waals surface area contributed by atoms with Gasteiger partial charge in [-0.3, -0.25) is 0 Å². The van der Waals surface area contributed by atoms with E-state index in [-0.39, 0.29) is 28.5 Å². The number of benzene rings is 1. The smallest absolute Gasteiger partial charge is 0.337 e. The van der Waals surface area contributed by atoms with Crippen molar-refractivity contribution in [2.75, 3.05) is 0 Å². The number of nitriles is 1. The average Bonchev–Trinajstić information content (AvgIpc) is 2.04. The molecule has 0 aliphatic carbocycles. The van der Waals surface area contributed by atoms with Crippen LogP contribution in [0.5, 0.6) is 0 Å². The molecule has 0 heterocycles. The van der Waals surface area contributed by atoms with Crippen molar-refractivity contribution in [3.05, 3.63) is 35.4 Å². The summed E-state index contributed by atoms with van der Waals surface area (Å²) in [4.78, 5) is 10.4. The molecule has 1 aromatic rings. The van der Waals surface area contributed by atoms with Crippen LogP contribution in [0.15, 0.2) is 24.3 Å². The second-order valence-electron chi connectivity index (χ2n) is 1.96. The fourth-order valence-electron chi connectivity index (χ4n) is 0.767. The lowest BCUT2D eigenvalue weighted by molar-refractivity contribution is 0.0696. The molecule has 0 saturated heterocycles. The van der Waals surface area contributed by atoms with Gasteiger partial charge in [-0.15, -0.1) is 0 Å². The van der Waals surface area contributed by atoms with Gasteiger partial charge in [-0.25, -0.2) is 4.79 Å². The Morgan fingerprint density at radius 3 is 2.42 bits per heavy atom. The first-order valence-corrected chi connectivity index (χ1v) is 2.98. The molecule has 0 radical (unpaired) electrons. The summed E-state index contributed by atoms with van der Waals surface area (Å²) in [6.45, 7) is 0. The molecule has 0 amide bonds. The minimum atomic E-state index is -1.07. The summed E-state index contributed by atoms with van der Waals surface area (Å²) < 4.78 is 0. The topological polar surface area (TPSA) is 61.1 Å². The normalized spacial score (nSPS) is 7.92. The molecule has 1 aromatic carbocycles. The Kier molecular flexibility index (Phi) is 4.07. The zero-order valence-corrected chi connectivity index (χ0v) is 5.61. The SMILES string of the molecule is N#Cc1ccccc1C(=O)O.[AlH3]. The second kappa shape index (κ2) is 4.56. The summed E-state index contributed by atoms with van der Waals surface area (Å²) in [7, 11) is 0. The van der Waals surface area contributed by atoms with E-state index in [9.17, 15) is 4.79 Å². The number of carbonyl (C=O) groups is 1. The molecule has 60 valence electrons. The molecule has 0 aliphatic rings. The maximum Gasteiger partial charge on any atom is 0.337 e. The maximum absolute atomic E-state index is 10.4. The molecule has 12 heavy (non-hydrogen) atoms. The van der Waals surface area contributed by atoms with Crippen molar-refractivity contribution in [3.8, 4) is 6.07 Å². The van der Waals surface area contributed by atoms with E-state index in [1.54, 1.807) is 18.2 Å². The molecular weight excluding hydrogens is 169 g/mol. The fourth-order valence-corrected chi connectivity index (χ4v) is 0.767. The number of nitrogens with zero attached hydrogens (tertiary/aromatic N) is 1. The summed E-state index contributed by atoms with van der Waals surface area (Å²) in [6, 6.07) is 7.89. The highest BCUT2D eigenvalue weighted by molar-refractivity contribution is 5.90. The van der Waals surface area contributed by atoms with Crippen LogP contribution >= 0.6 is 0 Å². The van der Waals surface area contributed by atoms with Crippen LogP contribution in [-0.4, -0.2) is 28.4 Å². The van der Waals surface area contributed by atoms with Gasteiger partial charge in [-0.05, 0) is 12.1 Å². The summed E-state index contributed by atoms with van der Waals surface area (Å²) in [6.07, 6.45) is 0. The lowest BCUT2D eigenvalue weighted by Crippen LogP contribution is -1.98. The van der Waals surface area contributed by atoms with Gasteiger partial charge >= 0.3 is 5.97 Å². The van der Waals surface area contributed by atoms with Crippen LogP contribution in [0.1, 0.15) is 15.9 Å². The minimum absolute atomic E-state index is 0. The number of carboxylic acids is 1. The van der Waals surface area contributed by atoms with Gasteiger partial charge in [0.15, 0.2) is 17.4 Å². The molecule has 0 aromatic heterocycles. The van der Waals surface area contributed by atoms with E-state index >= 15 is 0 Å². The van der Waals surface area contributed by atoms with Gasteiger partial charge < -0.3 is 5.11 Å². The first kappa shape index (κ1) is 10.7. The van der Waals surface area contributed by atoms with Crippen LogP contribution in [0.25, 0.3) is 0 Å². The third-order valence-corrected chi connectivity index (χ3v) is 1.28. The molecule has 1 rings (SSSR count). The highest BCUT2D eigenvalue weighted by Crippen LogP contribution is 2.05. The van der Waals surface area contributed by atoms with Gasteiger partial charge in [0.25, 0.3) is 0 Å². The Morgan fingerprint density at radius 1 is 1.42 bits per heavy atom.